The van der Waals surface area contributed by atoms with Crippen molar-refractivity contribution in [3.05, 3.63) is 23.4 Å². The van der Waals surface area contributed by atoms with Crippen LogP contribution >= 0.6 is 0 Å². The van der Waals surface area contributed by atoms with Gasteiger partial charge in [-0.15, -0.1) is 0 Å². The van der Waals surface area contributed by atoms with E-state index in [9.17, 15) is 18.7 Å². The molecule has 2 heterocycles. The van der Waals surface area contributed by atoms with Crippen LogP contribution in [0.3, 0.4) is 0 Å². The van der Waals surface area contributed by atoms with Crippen LogP contribution in [0, 0.1) is 11.3 Å². The molecule has 1 aromatic rings. The number of pyridine rings is 1. The van der Waals surface area contributed by atoms with E-state index in [4.69, 9.17) is 4.74 Å². The Morgan fingerprint density at radius 2 is 2.00 bits per heavy atom. The first-order valence-electron chi connectivity index (χ1n) is 10.3. The number of amides is 1. The first-order chi connectivity index (χ1) is 13.4. The van der Waals surface area contributed by atoms with E-state index in [2.05, 4.69) is 4.98 Å². The molecule has 0 atom stereocenters. The molecule has 2 saturated carbocycles. The standard InChI is InChI=1S/C21H28F2N2O3/c1-2-17-16(19(22)23)3-4-18(24-17)28-15-5-7-21(8-6-15)11-25(12-21)20(27)13-9-14(26)10-13/h3-4,13-15,19,26H,2,5-12H2,1H3/t13-,14+. The zero-order valence-electron chi connectivity index (χ0n) is 16.2. The smallest absolute Gasteiger partial charge is 0.265 e. The number of hydrogen-bond donors (Lipinski definition) is 1. The second-order valence-corrected chi connectivity index (χ2v) is 8.67. The molecular weight excluding hydrogens is 366 g/mol. The molecule has 0 bridgehead atoms. The molecule has 1 aliphatic heterocycles. The van der Waals surface area contributed by atoms with Crippen LogP contribution in [0.2, 0.25) is 0 Å². The molecule has 7 heteroatoms. The van der Waals surface area contributed by atoms with Gasteiger partial charge in [0.25, 0.3) is 6.43 Å². The van der Waals surface area contributed by atoms with Gasteiger partial charge in [0.05, 0.1) is 11.8 Å². The van der Waals surface area contributed by atoms with Gasteiger partial charge in [-0.3, -0.25) is 4.79 Å². The molecule has 0 aromatic carbocycles. The van der Waals surface area contributed by atoms with Gasteiger partial charge in [-0.05, 0) is 51.0 Å². The summed E-state index contributed by atoms with van der Waals surface area (Å²) < 4.78 is 32.0. The van der Waals surface area contributed by atoms with Gasteiger partial charge in [-0.1, -0.05) is 6.92 Å². The lowest BCUT2D eigenvalue weighted by molar-refractivity contribution is -0.158. The van der Waals surface area contributed by atoms with Gasteiger partial charge in [0.1, 0.15) is 6.10 Å². The number of nitrogens with zero attached hydrogens (tertiary/aromatic N) is 2. The van der Waals surface area contributed by atoms with Crippen LogP contribution in [-0.2, 0) is 11.2 Å². The normalized spacial score (nSPS) is 26.8. The number of likely N-dealkylation sites (tertiary alicyclic amines) is 1. The minimum absolute atomic E-state index is 0.0158. The molecular formula is C21H28F2N2O3. The van der Waals surface area contributed by atoms with E-state index in [1.54, 1.807) is 6.07 Å². The van der Waals surface area contributed by atoms with Crippen molar-refractivity contribution in [2.24, 2.45) is 11.3 Å². The highest BCUT2D eigenvalue weighted by atomic mass is 19.3. The number of carbonyl (C=O) groups excluding carboxylic acids is 1. The Kier molecular flexibility index (Phi) is 5.29. The largest absolute Gasteiger partial charge is 0.474 e. The van der Waals surface area contributed by atoms with Crippen LogP contribution in [0.15, 0.2) is 12.1 Å². The highest BCUT2D eigenvalue weighted by molar-refractivity contribution is 5.80. The van der Waals surface area contributed by atoms with Crippen LogP contribution < -0.4 is 4.74 Å². The first kappa shape index (κ1) is 19.6. The lowest BCUT2D eigenvalue weighted by Gasteiger charge is -2.54. The Bertz CT molecular complexity index is 720. The van der Waals surface area contributed by atoms with E-state index in [0.29, 0.717) is 30.8 Å². The van der Waals surface area contributed by atoms with Gasteiger partial charge in [-0.25, -0.2) is 13.8 Å². The molecule has 3 fully saturated rings. The summed E-state index contributed by atoms with van der Waals surface area (Å²) in [7, 11) is 0. The van der Waals surface area contributed by atoms with E-state index in [0.717, 1.165) is 38.8 Å². The van der Waals surface area contributed by atoms with Crippen molar-refractivity contribution in [1.29, 1.82) is 0 Å². The fourth-order valence-electron chi connectivity index (χ4n) is 4.82. The molecule has 1 aromatic heterocycles. The van der Waals surface area contributed by atoms with Crippen molar-refractivity contribution >= 4 is 5.91 Å². The summed E-state index contributed by atoms with van der Waals surface area (Å²) in [5, 5.41) is 9.38. The van der Waals surface area contributed by atoms with Crippen LogP contribution in [0.1, 0.15) is 63.1 Å². The number of alkyl halides is 2. The van der Waals surface area contributed by atoms with Crippen molar-refractivity contribution in [3.8, 4) is 5.88 Å². The molecule has 1 amide bonds. The van der Waals surface area contributed by atoms with Crippen LogP contribution in [0.25, 0.3) is 0 Å². The number of ether oxygens (including phenoxy) is 1. The fourth-order valence-corrected chi connectivity index (χ4v) is 4.82. The molecule has 0 radical (unpaired) electrons. The molecule has 3 aliphatic rings. The number of aromatic nitrogens is 1. The second kappa shape index (κ2) is 7.58. The number of aliphatic hydroxyl groups excluding tert-OH is 1. The van der Waals surface area contributed by atoms with Crippen molar-refractivity contribution in [1.82, 2.24) is 9.88 Å². The third-order valence-electron chi connectivity index (χ3n) is 6.66. The Balaban J connectivity index is 1.27. The minimum atomic E-state index is -2.52. The summed E-state index contributed by atoms with van der Waals surface area (Å²) in [5.41, 5.74) is 0.587. The SMILES string of the molecule is CCc1nc(OC2CCC3(CC2)CN(C(=O)[C@H]2C[C@@H](O)C2)C3)ccc1C(F)F. The average Bonchev–Trinajstić information content (AvgIpc) is 2.63. The zero-order valence-corrected chi connectivity index (χ0v) is 16.2. The third kappa shape index (κ3) is 3.73. The number of halogens is 2. The number of carbonyl (C=O) groups is 1. The van der Waals surface area contributed by atoms with Gasteiger partial charge in [-0.2, -0.15) is 0 Å². The predicted molar refractivity (Wildman–Crippen MR) is 99.2 cm³/mol. The summed E-state index contributed by atoms with van der Waals surface area (Å²) in [5.74, 6) is 0.642. The molecule has 154 valence electrons. The maximum atomic E-state index is 13.0. The lowest BCUT2D eigenvalue weighted by atomic mass is 9.67. The van der Waals surface area contributed by atoms with Crippen molar-refractivity contribution in [3.63, 3.8) is 0 Å². The maximum Gasteiger partial charge on any atom is 0.265 e. The molecule has 2 aliphatic carbocycles. The Hall–Kier alpha value is -1.76. The summed E-state index contributed by atoms with van der Waals surface area (Å²) in [6.45, 7) is 3.44. The topological polar surface area (TPSA) is 62.7 Å². The molecule has 0 unspecified atom stereocenters. The molecule has 28 heavy (non-hydrogen) atoms. The Morgan fingerprint density at radius 1 is 1.32 bits per heavy atom. The number of hydrogen-bond acceptors (Lipinski definition) is 4. The van der Waals surface area contributed by atoms with Gasteiger partial charge in [0.2, 0.25) is 11.8 Å². The fraction of sp³-hybridized carbons (Fsp3) is 0.714. The van der Waals surface area contributed by atoms with E-state index in [1.807, 2.05) is 11.8 Å². The van der Waals surface area contributed by atoms with E-state index >= 15 is 0 Å². The zero-order chi connectivity index (χ0) is 19.9. The molecule has 1 N–H and O–H groups in total. The lowest BCUT2D eigenvalue weighted by Crippen LogP contribution is -2.62. The molecule has 1 spiro atoms. The first-order valence-corrected chi connectivity index (χ1v) is 10.3. The van der Waals surface area contributed by atoms with Crippen LogP contribution in [-0.4, -0.2) is 46.2 Å². The highest BCUT2D eigenvalue weighted by Gasteiger charge is 2.49. The van der Waals surface area contributed by atoms with Crippen molar-refractivity contribution in [2.45, 2.75) is 70.5 Å². The summed E-state index contributed by atoms with van der Waals surface area (Å²) in [4.78, 5) is 18.6. The quantitative estimate of drug-likeness (QED) is 0.830. The van der Waals surface area contributed by atoms with Gasteiger partial charge >= 0.3 is 0 Å². The van der Waals surface area contributed by atoms with Gasteiger partial charge in [0, 0.05) is 36.1 Å². The van der Waals surface area contributed by atoms with Crippen LogP contribution in [0.4, 0.5) is 8.78 Å². The van der Waals surface area contributed by atoms with Crippen molar-refractivity contribution < 1.29 is 23.4 Å². The van der Waals surface area contributed by atoms with E-state index in [-0.39, 0.29) is 35.0 Å². The maximum absolute atomic E-state index is 13.0. The summed E-state index contributed by atoms with van der Waals surface area (Å²) >= 11 is 0. The van der Waals surface area contributed by atoms with Gasteiger partial charge in [0.15, 0.2) is 0 Å². The number of aliphatic hydroxyl groups is 1. The minimum Gasteiger partial charge on any atom is -0.474 e. The summed E-state index contributed by atoms with van der Waals surface area (Å²) in [6, 6.07) is 2.96. The van der Waals surface area contributed by atoms with E-state index < -0.39 is 6.43 Å². The van der Waals surface area contributed by atoms with Crippen LogP contribution in [0.5, 0.6) is 5.88 Å². The Labute approximate surface area is 164 Å². The van der Waals surface area contributed by atoms with Crippen molar-refractivity contribution in [2.75, 3.05) is 13.1 Å². The monoisotopic (exact) mass is 394 g/mol. The average molecular weight is 394 g/mol. The number of aryl methyl sites for hydroxylation is 1. The Morgan fingerprint density at radius 3 is 2.57 bits per heavy atom. The predicted octanol–water partition coefficient (Wildman–Crippen LogP) is 3.50. The highest BCUT2D eigenvalue weighted by Crippen LogP contribution is 2.46. The summed E-state index contributed by atoms with van der Waals surface area (Å²) in [6.07, 6.45) is 2.69. The molecule has 1 saturated heterocycles. The van der Waals surface area contributed by atoms with Gasteiger partial charge < -0.3 is 14.7 Å². The second-order valence-electron chi connectivity index (χ2n) is 8.67. The molecule has 5 nitrogen and oxygen atoms in total. The van der Waals surface area contributed by atoms with E-state index in [1.165, 1.54) is 6.07 Å². The number of rotatable bonds is 5. The third-order valence-corrected chi connectivity index (χ3v) is 6.66. The molecule has 4 rings (SSSR count).